The summed E-state index contributed by atoms with van der Waals surface area (Å²) in [5.74, 6) is 0.985. The van der Waals surface area contributed by atoms with E-state index in [1.165, 1.54) is 10.5 Å². The van der Waals surface area contributed by atoms with E-state index < -0.39 is 0 Å². The van der Waals surface area contributed by atoms with Crippen molar-refractivity contribution in [3.63, 3.8) is 0 Å². The Bertz CT molecular complexity index is 293. The van der Waals surface area contributed by atoms with E-state index in [1.807, 2.05) is 12.1 Å². The van der Waals surface area contributed by atoms with Crippen LogP contribution >= 0.6 is 10.7 Å². The molecule has 0 aromatic heterocycles. The first-order valence-corrected chi connectivity index (χ1v) is 5.72. The zero-order valence-electron chi connectivity index (χ0n) is 5.96. The zero-order chi connectivity index (χ0) is 7.68. The van der Waals surface area contributed by atoms with E-state index in [-0.39, 0.29) is 10.1 Å². The molecule has 0 aliphatic carbocycles. The molecule has 0 spiro atoms. The number of rotatable bonds is 0. The monoisotopic (exact) mass is 183 g/mol. The molecule has 0 fully saturated rings. The van der Waals surface area contributed by atoms with E-state index >= 15 is 0 Å². The van der Waals surface area contributed by atoms with Gasteiger partial charge in [0.2, 0.25) is 0 Å². The Kier molecular flexibility index (Phi) is 1.93. The van der Waals surface area contributed by atoms with E-state index in [1.54, 1.807) is 0 Å². The SMILES string of the molecule is Cl[S+]1CC=Cc2ccccc21. The summed E-state index contributed by atoms with van der Waals surface area (Å²) in [6, 6.07) is 8.30. The minimum absolute atomic E-state index is 0.0797. The molecule has 1 unspecified atom stereocenters. The maximum atomic E-state index is 6.12. The highest BCUT2D eigenvalue weighted by Gasteiger charge is 2.23. The van der Waals surface area contributed by atoms with Crippen molar-refractivity contribution in [3.05, 3.63) is 35.9 Å². The van der Waals surface area contributed by atoms with Gasteiger partial charge in [-0.3, -0.25) is 0 Å². The van der Waals surface area contributed by atoms with Gasteiger partial charge in [-0.1, -0.05) is 12.1 Å². The van der Waals surface area contributed by atoms with Gasteiger partial charge in [-0.2, -0.15) is 0 Å². The Morgan fingerprint density at radius 2 is 2.09 bits per heavy atom. The van der Waals surface area contributed by atoms with Crippen molar-refractivity contribution >= 4 is 26.9 Å². The van der Waals surface area contributed by atoms with Crippen LogP contribution in [-0.4, -0.2) is 5.75 Å². The number of fused-ring (bicyclic) bond motifs is 1. The number of hydrogen-bond donors (Lipinski definition) is 0. The van der Waals surface area contributed by atoms with Crippen molar-refractivity contribution in [1.82, 2.24) is 0 Å². The molecular formula is C9H8ClS+. The Morgan fingerprint density at radius 1 is 1.27 bits per heavy atom. The molecule has 2 heteroatoms. The summed E-state index contributed by atoms with van der Waals surface area (Å²) >= 11 is 0. The third-order valence-electron chi connectivity index (χ3n) is 1.70. The molecule has 0 nitrogen and oxygen atoms in total. The fraction of sp³-hybridized carbons (Fsp3) is 0.111. The van der Waals surface area contributed by atoms with E-state index in [9.17, 15) is 0 Å². The smallest absolute Gasteiger partial charge is 0.0613 e. The van der Waals surface area contributed by atoms with Crippen molar-refractivity contribution in [2.24, 2.45) is 0 Å². The largest absolute Gasteiger partial charge is 0.183 e. The molecule has 1 atom stereocenters. The fourth-order valence-electron chi connectivity index (χ4n) is 1.17. The highest BCUT2D eigenvalue weighted by atomic mass is 35.7. The molecule has 0 radical (unpaired) electrons. The van der Waals surface area contributed by atoms with Gasteiger partial charge in [-0.05, 0) is 24.3 Å². The molecule has 1 aromatic carbocycles. The standard InChI is InChI=1S/C9H8ClS/c10-11-7-3-5-8-4-1-2-6-9(8)11/h1-6H,7H2/q+1. The third kappa shape index (κ3) is 1.31. The van der Waals surface area contributed by atoms with E-state index in [2.05, 4.69) is 24.3 Å². The topological polar surface area (TPSA) is 0 Å². The molecule has 0 bridgehead atoms. The van der Waals surface area contributed by atoms with Crippen LogP contribution in [0.3, 0.4) is 0 Å². The van der Waals surface area contributed by atoms with Crippen LogP contribution in [0.4, 0.5) is 0 Å². The summed E-state index contributed by atoms with van der Waals surface area (Å²) in [6.45, 7) is 0. The lowest BCUT2D eigenvalue weighted by atomic mass is 10.2. The Hall–Kier alpha value is -0.400. The van der Waals surface area contributed by atoms with Gasteiger partial charge in [0.05, 0.1) is 0 Å². The number of benzene rings is 1. The molecule has 1 aliphatic rings. The van der Waals surface area contributed by atoms with Crippen LogP contribution in [0.5, 0.6) is 0 Å². The van der Waals surface area contributed by atoms with Gasteiger partial charge in [0, 0.05) is 5.56 Å². The van der Waals surface area contributed by atoms with Crippen LogP contribution in [0.2, 0.25) is 0 Å². The number of hydrogen-bond acceptors (Lipinski definition) is 0. The van der Waals surface area contributed by atoms with Crippen molar-refractivity contribution < 1.29 is 0 Å². The van der Waals surface area contributed by atoms with Crippen LogP contribution in [-0.2, 0) is 10.1 Å². The minimum Gasteiger partial charge on any atom is -0.0613 e. The van der Waals surface area contributed by atoms with Gasteiger partial charge in [0.1, 0.15) is 10.1 Å². The predicted molar refractivity (Wildman–Crippen MR) is 51.8 cm³/mol. The molecule has 0 amide bonds. The quantitative estimate of drug-likeness (QED) is 0.543. The first kappa shape index (κ1) is 7.26. The van der Waals surface area contributed by atoms with Gasteiger partial charge < -0.3 is 0 Å². The summed E-state index contributed by atoms with van der Waals surface area (Å²) in [4.78, 5) is 1.29. The number of halogens is 1. The Morgan fingerprint density at radius 3 is 2.91 bits per heavy atom. The Balaban J connectivity index is 2.54. The average molecular weight is 184 g/mol. The van der Waals surface area contributed by atoms with Gasteiger partial charge in [0.15, 0.2) is 21.3 Å². The predicted octanol–water partition coefficient (Wildman–Crippen LogP) is 2.84. The summed E-state index contributed by atoms with van der Waals surface area (Å²) in [5.41, 5.74) is 1.28. The first-order valence-electron chi connectivity index (χ1n) is 3.50. The second-order valence-electron chi connectivity index (χ2n) is 2.44. The van der Waals surface area contributed by atoms with Crippen LogP contribution in [0.25, 0.3) is 6.08 Å². The lowest BCUT2D eigenvalue weighted by Crippen LogP contribution is -2.03. The normalized spacial score (nSPS) is 21.4. The fourth-order valence-corrected chi connectivity index (χ4v) is 2.87. The molecule has 56 valence electrons. The summed E-state index contributed by atoms with van der Waals surface area (Å²) in [6.07, 6.45) is 4.28. The van der Waals surface area contributed by atoms with E-state index in [0.29, 0.717) is 0 Å². The lowest BCUT2D eigenvalue weighted by Gasteiger charge is -2.04. The molecule has 1 aliphatic heterocycles. The highest BCUT2D eigenvalue weighted by Crippen LogP contribution is 2.27. The summed E-state index contributed by atoms with van der Waals surface area (Å²) in [5, 5.41) is 0. The molecule has 1 heterocycles. The second kappa shape index (κ2) is 2.92. The molecule has 11 heavy (non-hydrogen) atoms. The van der Waals surface area contributed by atoms with Crippen LogP contribution in [0.1, 0.15) is 5.56 Å². The van der Waals surface area contributed by atoms with Crippen molar-refractivity contribution in [1.29, 1.82) is 0 Å². The summed E-state index contributed by atoms with van der Waals surface area (Å²) in [7, 11) is 6.04. The van der Waals surface area contributed by atoms with Crippen molar-refractivity contribution in [2.45, 2.75) is 4.90 Å². The van der Waals surface area contributed by atoms with Crippen molar-refractivity contribution in [2.75, 3.05) is 5.75 Å². The third-order valence-corrected chi connectivity index (χ3v) is 3.91. The highest BCUT2D eigenvalue weighted by molar-refractivity contribution is 8.18. The maximum absolute atomic E-state index is 6.12. The molecule has 0 N–H and O–H groups in total. The molecule has 0 saturated carbocycles. The second-order valence-corrected chi connectivity index (χ2v) is 4.99. The van der Waals surface area contributed by atoms with Gasteiger partial charge in [-0.25, -0.2) is 0 Å². The van der Waals surface area contributed by atoms with Gasteiger partial charge in [0.25, 0.3) is 0 Å². The average Bonchev–Trinajstić information content (AvgIpc) is 2.06. The van der Waals surface area contributed by atoms with Gasteiger partial charge in [-0.15, -0.1) is 0 Å². The van der Waals surface area contributed by atoms with Crippen LogP contribution in [0.15, 0.2) is 35.2 Å². The minimum atomic E-state index is -0.0797. The molecular weight excluding hydrogens is 176 g/mol. The molecule has 0 saturated heterocycles. The Labute approximate surface area is 73.7 Å². The van der Waals surface area contributed by atoms with Crippen LogP contribution in [0, 0.1) is 0 Å². The first-order chi connectivity index (χ1) is 5.38. The zero-order valence-corrected chi connectivity index (χ0v) is 7.53. The molecule has 1 aromatic rings. The molecule has 2 rings (SSSR count). The van der Waals surface area contributed by atoms with Crippen molar-refractivity contribution in [3.8, 4) is 0 Å². The van der Waals surface area contributed by atoms with E-state index in [0.717, 1.165) is 5.75 Å². The lowest BCUT2D eigenvalue weighted by molar-refractivity contribution is 1.39. The van der Waals surface area contributed by atoms with Gasteiger partial charge >= 0.3 is 0 Å². The van der Waals surface area contributed by atoms with Crippen LogP contribution < -0.4 is 0 Å². The summed E-state index contributed by atoms with van der Waals surface area (Å²) < 4.78 is 0. The maximum Gasteiger partial charge on any atom is 0.183 e. The van der Waals surface area contributed by atoms with E-state index in [4.69, 9.17) is 10.7 Å².